The first-order valence-electron chi connectivity index (χ1n) is 9.88. The van der Waals surface area contributed by atoms with Crippen molar-refractivity contribution >= 4 is 17.7 Å². The molecule has 0 spiro atoms. The Morgan fingerprint density at radius 3 is 2.39 bits per heavy atom. The van der Waals surface area contributed by atoms with Crippen molar-refractivity contribution < 1.29 is 27.8 Å². The van der Waals surface area contributed by atoms with Crippen LogP contribution in [0.1, 0.15) is 23.7 Å². The van der Waals surface area contributed by atoms with E-state index in [2.05, 4.69) is 0 Å². The molecule has 0 fully saturated rings. The highest BCUT2D eigenvalue weighted by Gasteiger charge is 2.20. The normalized spacial score (nSPS) is 10.8. The zero-order valence-corrected chi connectivity index (χ0v) is 18.5. The minimum absolute atomic E-state index is 0.0342. The van der Waals surface area contributed by atoms with Gasteiger partial charge in [-0.05, 0) is 49.2 Å². The number of aromatic nitrogens is 1. The van der Waals surface area contributed by atoms with Crippen molar-refractivity contribution in [1.29, 1.82) is 0 Å². The molecule has 0 bridgehead atoms. The fraction of sp³-hybridized carbons (Fsp3) is 0.217. The molecule has 0 unspecified atom stereocenters. The van der Waals surface area contributed by atoms with Crippen molar-refractivity contribution in [2.45, 2.75) is 27.0 Å². The molecule has 0 atom stereocenters. The number of nitrogens with zero attached hydrogens (tertiary/aromatic N) is 2. The van der Waals surface area contributed by atoms with Gasteiger partial charge in [0.25, 0.3) is 5.56 Å². The summed E-state index contributed by atoms with van der Waals surface area (Å²) in [4.78, 5) is 25.2. The highest BCUT2D eigenvalue weighted by Crippen LogP contribution is 2.27. The number of rotatable bonds is 7. The predicted molar refractivity (Wildman–Crippen MR) is 117 cm³/mol. The lowest BCUT2D eigenvalue weighted by molar-refractivity contribution is 0.144. The van der Waals surface area contributed by atoms with E-state index in [-0.39, 0.29) is 31.1 Å². The summed E-state index contributed by atoms with van der Waals surface area (Å²) >= 11 is 6.16. The molecule has 0 saturated heterocycles. The van der Waals surface area contributed by atoms with E-state index >= 15 is 0 Å². The number of benzene rings is 2. The van der Waals surface area contributed by atoms with Crippen molar-refractivity contribution in [3.05, 3.63) is 92.1 Å². The Labute approximate surface area is 192 Å². The number of ether oxygens (including phenoxy) is 1. The molecule has 1 amide bonds. The first-order chi connectivity index (χ1) is 15.6. The van der Waals surface area contributed by atoms with E-state index < -0.39 is 39.8 Å². The van der Waals surface area contributed by atoms with Crippen LogP contribution in [0.5, 0.6) is 5.75 Å². The summed E-state index contributed by atoms with van der Waals surface area (Å²) in [5.41, 5.74) is -0.394. The first-order valence-corrected chi connectivity index (χ1v) is 10.3. The van der Waals surface area contributed by atoms with Crippen molar-refractivity contribution in [3.8, 4) is 11.4 Å². The SMILES string of the molecule is CCN(Cc1cc(F)ccc1COc1cc(C)n(-c2c(F)cccc2F)c(=O)c1Cl)C(=O)O. The molecule has 1 heterocycles. The van der Waals surface area contributed by atoms with Gasteiger partial charge in [0.05, 0.1) is 0 Å². The van der Waals surface area contributed by atoms with Crippen LogP contribution in [0, 0.1) is 24.4 Å². The van der Waals surface area contributed by atoms with Crippen LogP contribution in [-0.2, 0) is 13.2 Å². The van der Waals surface area contributed by atoms with Gasteiger partial charge in [0, 0.05) is 24.8 Å². The number of hydrogen-bond acceptors (Lipinski definition) is 3. The van der Waals surface area contributed by atoms with Crippen LogP contribution in [0.3, 0.4) is 0 Å². The smallest absolute Gasteiger partial charge is 0.407 e. The number of carboxylic acid groups (broad SMARTS) is 1. The largest absolute Gasteiger partial charge is 0.487 e. The van der Waals surface area contributed by atoms with Gasteiger partial charge in [0.2, 0.25) is 0 Å². The second-order valence-corrected chi connectivity index (χ2v) is 7.55. The summed E-state index contributed by atoms with van der Waals surface area (Å²) < 4.78 is 48.7. The van der Waals surface area contributed by atoms with E-state index in [0.717, 1.165) is 21.6 Å². The molecule has 1 aromatic heterocycles. The average molecular weight is 481 g/mol. The van der Waals surface area contributed by atoms with Crippen LogP contribution in [0.15, 0.2) is 47.3 Å². The highest BCUT2D eigenvalue weighted by molar-refractivity contribution is 6.31. The van der Waals surface area contributed by atoms with Gasteiger partial charge < -0.3 is 14.7 Å². The maximum absolute atomic E-state index is 14.2. The van der Waals surface area contributed by atoms with E-state index in [1.807, 2.05) is 0 Å². The molecule has 3 aromatic rings. The fourth-order valence-electron chi connectivity index (χ4n) is 3.33. The number of hydrogen-bond donors (Lipinski definition) is 1. The number of amides is 1. The molecule has 10 heteroatoms. The van der Waals surface area contributed by atoms with E-state index in [1.165, 1.54) is 37.3 Å². The number of pyridine rings is 1. The molecule has 0 aliphatic heterocycles. The van der Waals surface area contributed by atoms with Gasteiger partial charge in [0.1, 0.15) is 40.5 Å². The van der Waals surface area contributed by atoms with Crippen LogP contribution in [0.4, 0.5) is 18.0 Å². The molecular weight excluding hydrogens is 461 g/mol. The second-order valence-electron chi connectivity index (χ2n) is 7.17. The quantitative estimate of drug-likeness (QED) is 0.498. The Morgan fingerprint density at radius 2 is 1.79 bits per heavy atom. The maximum atomic E-state index is 14.2. The molecule has 0 aliphatic carbocycles. The van der Waals surface area contributed by atoms with E-state index in [0.29, 0.717) is 11.1 Å². The molecule has 1 N–H and O–H groups in total. The molecule has 2 aromatic carbocycles. The summed E-state index contributed by atoms with van der Waals surface area (Å²) in [5, 5.41) is 8.86. The Balaban J connectivity index is 1.94. The van der Waals surface area contributed by atoms with Crippen molar-refractivity contribution in [1.82, 2.24) is 9.47 Å². The molecule has 0 aliphatic rings. The topological polar surface area (TPSA) is 71.8 Å². The van der Waals surface area contributed by atoms with Crippen LogP contribution in [0.2, 0.25) is 5.02 Å². The third-order valence-corrected chi connectivity index (χ3v) is 5.37. The van der Waals surface area contributed by atoms with Gasteiger partial charge in [-0.2, -0.15) is 0 Å². The third-order valence-electron chi connectivity index (χ3n) is 5.03. The van der Waals surface area contributed by atoms with Gasteiger partial charge in [0.15, 0.2) is 0 Å². The number of para-hydroxylation sites is 1. The minimum atomic E-state index is -1.16. The first kappa shape index (κ1) is 24.2. The third kappa shape index (κ3) is 5.14. The summed E-state index contributed by atoms with van der Waals surface area (Å²) in [5.74, 6) is -2.44. The van der Waals surface area contributed by atoms with Gasteiger partial charge in [-0.1, -0.05) is 23.7 Å². The number of aryl methyl sites for hydroxylation is 1. The van der Waals surface area contributed by atoms with Crippen molar-refractivity contribution in [2.24, 2.45) is 0 Å². The van der Waals surface area contributed by atoms with Crippen molar-refractivity contribution in [3.63, 3.8) is 0 Å². The lowest BCUT2D eigenvalue weighted by Crippen LogP contribution is -2.29. The zero-order chi connectivity index (χ0) is 24.3. The van der Waals surface area contributed by atoms with Gasteiger partial charge >= 0.3 is 6.09 Å². The zero-order valence-electron chi connectivity index (χ0n) is 17.7. The Morgan fingerprint density at radius 1 is 1.12 bits per heavy atom. The molecular formula is C23H20ClF3N2O4. The molecule has 0 radical (unpaired) electrons. The van der Waals surface area contributed by atoms with E-state index in [1.54, 1.807) is 6.92 Å². The van der Waals surface area contributed by atoms with Crippen LogP contribution in [-0.4, -0.2) is 27.2 Å². The molecule has 174 valence electrons. The van der Waals surface area contributed by atoms with Crippen LogP contribution < -0.4 is 10.3 Å². The fourth-order valence-corrected chi connectivity index (χ4v) is 3.52. The van der Waals surface area contributed by atoms with Gasteiger partial charge in [-0.25, -0.2) is 18.0 Å². The van der Waals surface area contributed by atoms with Gasteiger partial charge in [-0.15, -0.1) is 0 Å². The average Bonchev–Trinajstić information content (AvgIpc) is 2.76. The number of halogens is 4. The molecule has 0 saturated carbocycles. The predicted octanol–water partition coefficient (Wildman–Crippen LogP) is 5.30. The van der Waals surface area contributed by atoms with Crippen LogP contribution >= 0.6 is 11.6 Å². The summed E-state index contributed by atoms with van der Waals surface area (Å²) in [6.45, 7) is 3.10. The Kier molecular flexibility index (Phi) is 7.33. The van der Waals surface area contributed by atoms with Gasteiger partial charge in [-0.3, -0.25) is 9.36 Å². The van der Waals surface area contributed by atoms with E-state index in [9.17, 15) is 27.9 Å². The lowest BCUT2D eigenvalue weighted by Gasteiger charge is -2.20. The Hall–Kier alpha value is -3.46. The van der Waals surface area contributed by atoms with Crippen molar-refractivity contribution in [2.75, 3.05) is 6.54 Å². The Bertz CT molecular complexity index is 1240. The molecule has 3 rings (SSSR count). The number of carbonyl (C=O) groups is 1. The highest BCUT2D eigenvalue weighted by atomic mass is 35.5. The summed E-state index contributed by atoms with van der Waals surface area (Å²) in [6, 6.07) is 8.43. The monoisotopic (exact) mass is 480 g/mol. The molecule has 33 heavy (non-hydrogen) atoms. The summed E-state index contributed by atoms with van der Waals surface area (Å²) in [7, 11) is 0. The second kappa shape index (κ2) is 9.99. The lowest BCUT2D eigenvalue weighted by atomic mass is 10.1. The summed E-state index contributed by atoms with van der Waals surface area (Å²) in [6.07, 6.45) is -1.16. The minimum Gasteiger partial charge on any atom is -0.487 e. The maximum Gasteiger partial charge on any atom is 0.407 e. The van der Waals surface area contributed by atoms with Crippen LogP contribution in [0.25, 0.3) is 5.69 Å². The standard InChI is InChI=1S/C23H20ClF3N2O4/c1-3-28(23(31)32)11-15-10-16(25)8-7-14(15)12-33-19-9-13(2)29(22(30)20(19)24)21-17(26)5-4-6-18(21)27/h4-10H,3,11-12H2,1-2H3,(H,31,32). The molecule has 6 nitrogen and oxygen atoms in total. The van der Waals surface area contributed by atoms with E-state index in [4.69, 9.17) is 16.3 Å².